The number of thioether (sulfide) groups is 1. The number of rotatable bonds is 6. The van der Waals surface area contributed by atoms with Crippen molar-refractivity contribution in [2.24, 2.45) is 0 Å². The summed E-state index contributed by atoms with van der Waals surface area (Å²) in [6.07, 6.45) is 0. The zero-order valence-corrected chi connectivity index (χ0v) is 18.0. The molecule has 7 heteroatoms. The van der Waals surface area contributed by atoms with Gasteiger partial charge in [0.1, 0.15) is 5.82 Å². The standard InChI is InChI=1S/C21H29N5OS/c1-5-25(4)20(27)18-8-6-7-17(14-18)15-28-21-22-16(2)13-19(23-21)26-11-9-24(3)10-12-26/h6-8,13-14H,5,9-12,15H2,1-4H3. The summed E-state index contributed by atoms with van der Waals surface area (Å²) in [5.41, 5.74) is 2.82. The largest absolute Gasteiger partial charge is 0.354 e. The van der Waals surface area contributed by atoms with E-state index in [1.807, 2.05) is 45.2 Å². The molecule has 0 aliphatic carbocycles. The lowest BCUT2D eigenvalue weighted by molar-refractivity contribution is 0.0802. The Kier molecular flexibility index (Phi) is 6.91. The van der Waals surface area contributed by atoms with Gasteiger partial charge in [-0.2, -0.15) is 0 Å². The molecule has 0 spiro atoms. The van der Waals surface area contributed by atoms with E-state index in [1.54, 1.807) is 16.7 Å². The lowest BCUT2D eigenvalue weighted by Crippen LogP contribution is -2.44. The third kappa shape index (κ3) is 5.23. The Bertz CT molecular complexity index is 820. The summed E-state index contributed by atoms with van der Waals surface area (Å²) >= 11 is 1.62. The summed E-state index contributed by atoms with van der Waals surface area (Å²) < 4.78 is 0. The lowest BCUT2D eigenvalue weighted by atomic mass is 10.1. The van der Waals surface area contributed by atoms with Gasteiger partial charge in [-0.05, 0) is 38.6 Å². The van der Waals surface area contributed by atoms with Crippen molar-refractivity contribution in [2.45, 2.75) is 24.8 Å². The molecule has 0 saturated carbocycles. The highest BCUT2D eigenvalue weighted by molar-refractivity contribution is 7.98. The maximum absolute atomic E-state index is 12.4. The van der Waals surface area contributed by atoms with Crippen LogP contribution < -0.4 is 4.90 Å². The second-order valence-electron chi connectivity index (χ2n) is 7.25. The summed E-state index contributed by atoms with van der Waals surface area (Å²) in [5.74, 6) is 1.80. The van der Waals surface area contributed by atoms with Crippen molar-refractivity contribution < 1.29 is 4.79 Å². The number of anilines is 1. The number of hydrogen-bond donors (Lipinski definition) is 0. The van der Waals surface area contributed by atoms with Crippen LogP contribution in [-0.2, 0) is 5.75 Å². The SMILES string of the molecule is CCN(C)C(=O)c1cccc(CSc2nc(C)cc(N3CCN(C)CC3)n2)c1. The van der Waals surface area contributed by atoms with E-state index < -0.39 is 0 Å². The molecule has 1 aromatic heterocycles. The van der Waals surface area contributed by atoms with Crippen LogP contribution in [0.2, 0.25) is 0 Å². The van der Waals surface area contributed by atoms with Crippen molar-refractivity contribution in [3.8, 4) is 0 Å². The predicted molar refractivity (Wildman–Crippen MR) is 115 cm³/mol. The van der Waals surface area contributed by atoms with Crippen LogP contribution in [0.5, 0.6) is 0 Å². The number of aryl methyl sites for hydroxylation is 1. The molecule has 0 radical (unpaired) electrons. The summed E-state index contributed by atoms with van der Waals surface area (Å²) in [5, 5.41) is 0.788. The Hall–Kier alpha value is -2.12. The van der Waals surface area contributed by atoms with Gasteiger partial charge in [-0.25, -0.2) is 9.97 Å². The predicted octanol–water partition coefficient (Wildman–Crippen LogP) is 2.92. The number of nitrogens with zero attached hydrogens (tertiary/aromatic N) is 5. The molecule has 1 aromatic carbocycles. The van der Waals surface area contributed by atoms with E-state index in [9.17, 15) is 4.79 Å². The minimum atomic E-state index is 0.0542. The van der Waals surface area contributed by atoms with Gasteiger partial charge in [-0.15, -0.1) is 0 Å². The maximum atomic E-state index is 12.4. The van der Waals surface area contributed by atoms with E-state index in [0.717, 1.165) is 59.7 Å². The van der Waals surface area contributed by atoms with Crippen molar-refractivity contribution >= 4 is 23.5 Å². The van der Waals surface area contributed by atoms with Gasteiger partial charge in [0.2, 0.25) is 0 Å². The van der Waals surface area contributed by atoms with Gasteiger partial charge in [0, 0.05) is 62.8 Å². The molecule has 3 rings (SSSR count). The van der Waals surface area contributed by atoms with Crippen molar-refractivity contribution in [2.75, 3.05) is 51.7 Å². The first-order chi connectivity index (χ1) is 13.5. The maximum Gasteiger partial charge on any atom is 0.253 e. The Labute approximate surface area is 172 Å². The summed E-state index contributed by atoms with van der Waals surface area (Å²) in [7, 11) is 3.98. The van der Waals surface area contributed by atoms with Gasteiger partial charge in [-0.3, -0.25) is 4.79 Å². The molecule has 0 atom stereocenters. The Morgan fingerprint density at radius 2 is 1.93 bits per heavy atom. The van der Waals surface area contributed by atoms with Crippen molar-refractivity contribution in [1.82, 2.24) is 19.8 Å². The molecule has 1 fully saturated rings. The third-order valence-corrected chi connectivity index (χ3v) is 5.93. The first-order valence-electron chi connectivity index (χ1n) is 9.72. The number of piperazine rings is 1. The molecule has 6 nitrogen and oxygen atoms in total. The van der Waals surface area contributed by atoms with E-state index in [1.165, 1.54) is 0 Å². The lowest BCUT2D eigenvalue weighted by Gasteiger charge is -2.33. The number of carbonyl (C=O) groups excluding carboxylic acids is 1. The van der Waals surface area contributed by atoms with Crippen molar-refractivity contribution in [3.05, 3.63) is 47.2 Å². The van der Waals surface area contributed by atoms with Gasteiger partial charge in [-0.1, -0.05) is 23.9 Å². The van der Waals surface area contributed by atoms with Crippen molar-refractivity contribution in [3.63, 3.8) is 0 Å². The number of benzene rings is 1. The molecule has 28 heavy (non-hydrogen) atoms. The molecule has 0 N–H and O–H groups in total. The van der Waals surface area contributed by atoms with Gasteiger partial charge >= 0.3 is 0 Å². The molecule has 0 unspecified atom stereocenters. The van der Waals surface area contributed by atoms with Gasteiger partial charge in [0.05, 0.1) is 0 Å². The number of hydrogen-bond acceptors (Lipinski definition) is 6. The molecule has 1 aliphatic heterocycles. The average molecular weight is 400 g/mol. The van der Waals surface area contributed by atoms with Gasteiger partial charge in [0.25, 0.3) is 5.91 Å². The van der Waals surface area contributed by atoms with Crippen LogP contribution in [-0.4, -0.2) is 72.5 Å². The minimum Gasteiger partial charge on any atom is -0.354 e. The zero-order chi connectivity index (χ0) is 20.1. The molecule has 150 valence electrons. The number of aromatic nitrogens is 2. The molecular weight excluding hydrogens is 370 g/mol. The van der Waals surface area contributed by atoms with Crippen LogP contribution in [0, 0.1) is 6.92 Å². The zero-order valence-electron chi connectivity index (χ0n) is 17.2. The van der Waals surface area contributed by atoms with Crippen LogP contribution >= 0.6 is 11.8 Å². The van der Waals surface area contributed by atoms with E-state index >= 15 is 0 Å². The summed E-state index contributed by atoms with van der Waals surface area (Å²) in [4.78, 5) is 28.1. The highest BCUT2D eigenvalue weighted by atomic mass is 32.2. The second-order valence-corrected chi connectivity index (χ2v) is 8.19. The normalized spacial score (nSPS) is 14.9. The smallest absolute Gasteiger partial charge is 0.253 e. The molecule has 2 heterocycles. The first-order valence-corrected chi connectivity index (χ1v) is 10.7. The average Bonchev–Trinajstić information content (AvgIpc) is 2.71. The van der Waals surface area contributed by atoms with Gasteiger partial charge in [0.15, 0.2) is 5.16 Å². The second kappa shape index (κ2) is 9.39. The molecule has 2 aromatic rings. The van der Waals surface area contributed by atoms with Crippen molar-refractivity contribution in [1.29, 1.82) is 0 Å². The minimum absolute atomic E-state index is 0.0542. The molecular formula is C21H29N5OS. The van der Waals surface area contributed by atoms with E-state index in [-0.39, 0.29) is 5.91 Å². The summed E-state index contributed by atoms with van der Waals surface area (Å²) in [6, 6.07) is 9.90. The fourth-order valence-electron chi connectivity index (χ4n) is 3.09. The van der Waals surface area contributed by atoms with Crippen LogP contribution in [0.1, 0.15) is 28.5 Å². The molecule has 1 amide bonds. The molecule has 1 aliphatic rings. The van der Waals surface area contributed by atoms with E-state index in [4.69, 9.17) is 4.98 Å². The third-order valence-electron chi connectivity index (χ3n) is 5.01. The Balaban J connectivity index is 1.68. The Morgan fingerprint density at radius 1 is 1.18 bits per heavy atom. The van der Waals surface area contributed by atoms with Gasteiger partial charge < -0.3 is 14.7 Å². The van der Waals surface area contributed by atoms with Crippen LogP contribution in [0.3, 0.4) is 0 Å². The highest BCUT2D eigenvalue weighted by Gasteiger charge is 2.17. The first kappa shape index (κ1) is 20.6. The van der Waals surface area contributed by atoms with Crippen LogP contribution in [0.15, 0.2) is 35.5 Å². The highest BCUT2D eigenvalue weighted by Crippen LogP contribution is 2.24. The van der Waals surface area contributed by atoms with E-state index in [0.29, 0.717) is 6.54 Å². The number of carbonyl (C=O) groups is 1. The number of likely N-dealkylation sites (N-methyl/N-ethyl adjacent to an activating group) is 1. The Morgan fingerprint density at radius 3 is 2.64 bits per heavy atom. The fraction of sp³-hybridized carbons (Fsp3) is 0.476. The monoisotopic (exact) mass is 399 g/mol. The quantitative estimate of drug-likeness (QED) is 0.550. The van der Waals surface area contributed by atoms with Crippen LogP contribution in [0.25, 0.3) is 0 Å². The fourth-order valence-corrected chi connectivity index (χ4v) is 3.94. The topological polar surface area (TPSA) is 52.6 Å². The molecule has 0 bridgehead atoms. The number of amides is 1. The summed E-state index contributed by atoms with van der Waals surface area (Å²) in [6.45, 7) is 8.79. The van der Waals surface area contributed by atoms with Crippen LogP contribution in [0.4, 0.5) is 5.82 Å². The van der Waals surface area contributed by atoms with E-state index in [2.05, 4.69) is 27.9 Å². The molecule has 1 saturated heterocycles.